The third-order valence-electron chi connectivity index (χ3n) is 6.62. The third kappa shape index (κ3) is 6.08. The third-order valence-corrected chi connectivity index (χ3v) is 6.62. The molecule has 5 heteroatoms. The summed E-state index contributed by atoms with van der Waals surface area (Å²) in [7, 11) is 0. The van der Waals surface area contributed by atoms with Crippen molar-refractivity contribution in [1.82, 2.24) is 0 Å². The highest BCUT2D eigenvalue weighted by Crippen LogP contribution is 2.32. The maximum absolute atomic E-state index is 15.0. The summed E-state index contributed by atoms with van der Waals surface area (Å²) >= 11 is 0. The van der Waals surface area contributed by atoms with E-state index in [-0.39, 0.29) is 11.5 Å². The van der Waals surface area contributed by atoms with Gasteiger partial charge in [0.05, 0.1) is 13.2 Å². The molecule has 0 atom stereocenters. The van der Waals surface area contributed by atoms with E-state index in [1.807, 2.05) is 19.1 Å². The highest BCUT2D eigenvalue weighted by atomic mass is 19.2. The van der Waals surface area contributed by atoms with E-state index in [9.17, 15) is 13.2 Å². The van der Waals surface area contributed by atoms with Crippen molar-refractivity contribution in [1.29, 1.82) is 0 Å². The summed E-state index contributed by atoms with van der Waals surface area (Å²) in [5.74, 6) is -1.81. The van der Waals surface area contributed by atoms with Crippen LogP contribution in [0.15, 0.2) is 66.7 Å². The molecular formula is C31H33F3O2. The van der Waals surface area contributed by atoms with Crippen LogP contribution in [0, 0.1) is 23.4 Å². The molecule has 1 aliphatic heterocycles. The fourth-order valence-electron chi connectivity index (χ4n) is 4.58. The van der Waals surface area contributed by atoms with Gasteiger partial charge in [-0.15, -0.1) is 0 Å². The Balaban J connectivity index is 1.46. The van der Waals surface area contributed by atoms with Crippen molar-refractivity contribution >= 4 is 0 Å². The van der Waals surface area contributed by atoms with E-state index in [4.69, 9.17) is 9.47 Å². The first kappa shape index (κ1) is 26.2. The van der Waals surface area contributed by atoms with Crippen LogP contribution in [0.4, 0.5) is 13.2 Å². The number of hydrogen-bond donors (Lipinski definition) is 0. The Kier molecular flexibility index (Phi) is 9.00. The minimum atomic E-state index is -0.838. The van der Waals surface area contributed by atoms with E-state index in [0.29, 0.717) is 47.5 Å². The summed E-state index contributed by atoms with van der Waals surface area (Å²) < 4.78 is 56.0. The number of rotatable bonds is 9. The van der Waals surface area contributed by atoms with Crippen molar-refractivity contribution in [2.75, 3.05) is 13.2 Å². The van der Waals surface area contributed by atoms with Crippen molar-refractivity contribution in [3.05, 3.63) is 95.3 Å². The van der Waals surface area contributed by atoms with Gasteiger partial charge in [-0.3, -0.25) is 0 Å². The Bertz CT molecular complexity index is 1180. The summed E-state index contributed by atoms with van der Waals surface area (Å²) in [4.78, 5) is 0. The standard InChI is InChI=1S/C31H33F3O2/c1-3-5-6-7-9-24-14-17-27(30(34)29(24)33)23-12-10-22(11-13-23)26-16-15-25(18-28(26)32)31-35-19-21(8-4-2)20-36-31/h4,8,10-18,21,31H,3,5-7,9,19-20H2,1-2H3. The highest BCUT2D eigenvalue weighted by Gasteiger charge is 2.23. The van der Waals surface area contributed by atoms with Gasteiger partial charge in [0.1, 0.15) is 5.82 Å². The first-order chi connectivity index (χ1) is 17.5. The van der Waals surface area contributed by atoms with Gasteiger partial charge in [-0.25, -0.2) is 13.2 Å². The zero-order valence-electron chi connectivity index (χ0n) is 20.9. The minimum Gasteiger partial charge on any atom is -0.348 e. The van der Waals surface area contributed by atoms with Crippen LogP contribution in [0.25, 0.3) is 22.3 Å². The predicted molar refractivity (Wildman–Crippen MR) is 138 cm³/mol. The fourth-order valence-corrected chi connectivity index (χ4v) is 4.58. The molecule has 0 radical (unpaired) electrons. The quantitative estimate of drug-likeness (QED) is 0.219. The van der Waals surface area contributed by atoms with Gasteiger partial charge in [-0.2, -0.15) is 0 Å². The fraction of sp³-hybridized carbons (Fsp3) is 0.355. The molecule has 1 fully saturated rings. The molecule has 4 rings (SSSR count). The Morgan fingerprint density at radius 3 is 2.11 bits per heavy atom. The van der Waals surface area contributed by atoms with Gasteiger partial charge in [-0.1, -0.05) is 86.9 Å². The van der Waals surface area contributed by atoms with Crippen LogP contribution in [-0.2, 0) is 15.9 Å². The first-order valence-electron chi connectivity index (χ1n) is 12.7. The molecule has 2 nitrogen and oxygen atoms in total. The monoisotopic (exact) mass is 494 g/mol. The summed E-state index contributed by atoms with van der Waals surface area (Å²) in [6.45, 7) is 5.12. The van der Waals surface area contributed by atoms with Crippen LogP contribution in [0.2, 0.25) is 0 Å². The Hall–Kier alpha value is -2.89. The molecular weight excluding hydrogens is 461 g/mol. The maximum Gasteiger partial charge on any atom is 0.183 e. The second kappa shape index (κ2) is 12.4. The number of benzene rings is 3. The molecule has 1 saturated heterocycles. The molecule has 0 bridgehead atoms. The highest BCUT2D eigenvalue weighted by molar-refractivity contribution is 5.71. The zero-order valence-corrected chi connectivity index (χ0v) is 20.9. The summed E-state index contributed by atoms with van der Waals surface area (Å²) in [6, 6.07) is 15.0. The van der Waals surface area contributed by atoms with E-state index in [1.165, 1.54) is 6.07 Å². The lowest BCUT2D eigenvalue weighted by atomic mass is 9.97. The van der Waals surface area contributed by atoms with Gasteiger partial charge in [-0.05, 0) is 42.5 Å². The van der Waals surface area contributed by atoms with Crippen LogP contribution in [0.1, 0.15) is 56.9 Å². The normalized spacial score (nSPS) is 18.1. The molecule has 3 aromatic carbocycles. The molecule has 0 aliphatic carbocycles. The van der Waals surface area contributed by atoms with Crippen molar-refractivity contribution in [2.24, 2.45) is 5.92 Å². The van der Waals surface area contributed by atoms with E-state index >= 15 is 0 Å². The molecule has 0 spiro atoms. The van der Waals surface area contributed by atoms with Crippen LogP contribution in [-0.4, -0.2) is 13.2 Å². The van der Waals surface area contributed by atoms with E-state index in [2.05, 4.69) is 6.92 Å². The second-order valence-electron chi connectivity index (χ2n) is 9.31. The van der Waals surface area contributed by atoms with Crippen molar-refractivity contribution in [3.63, 3.8) is 0 Å². The topological polar surface area (TPSA) is 18.5 Å². The molecule has 36 heavy (non-hydrogen) atoms. The number of allylic oxidation sites excluding steroid dienone is 1. The Morgan fingerprint density at radius 2 is 1.47 bits per heavy atom. The molecule has 0 saturated carbocycles. The summed E-state index contributed by atoms with van der Waals surface area (Å²) in [6.07, 6.45) is 7.99. The first-order valence-corrected chi connectivity index (χ1v) is 12.7. The molecule has 190 valence electrons. The summed E-state index contributed by atoms with van der Waals surface area (Å²) in [5.41, 5.74) is 2.85. The lowest BCUT2D eigenvalue weighted by molar-refractivity contribution is -0.197. The maximum atomic E-state index is 15.0. The zero-order chi connectivity index (χ0) is 25.5. The van der Waals surface area contributed by atoms with Gasteiger partial charge in [0, 0.05) is 22.6 Å². The van der Waals surface area contributed by atoms with Crippen molar-refractivity contribution in [2.45, 2.75) is 52.2 Å². The molecule has 0 amide bonds. The smallest absolute Gasteiger partial charge is 0.183 e. The average Bonchev–Trinajstić information content (AvgIpc) is 2.90. The number of aryl methyl sites for hydroxylation is 1. The molecule has 0 aromatic heterocycles. The predicted octanol–water partition coefficient (Wildman–Crippen LogP) is 8.80. The van der Waals surface area contributed by atoms with Crippen LogP contribution in [0.3, 0.4) is 0 Å². The van der Waals surface area contributed by atoms with E-state index in [0.717, 1.165) is 25.7 Å². The van der Waals surface area contributed by atoms with E-state index < -0.39 is 23.7 Å². The Morgan fingerprint density at radius 1 is 0.806 bits per heavy atom. The molecule has 3 aromatic rings. The van der Waals surface area contributed by atoms with Gasteiger partial charge < -0.3 is 9.47 Å². The van der Waals surface area contributed by atoms with Gasteiger partial charge in [0.15, 0.2) is 17.9 Å². The molecule has 1 aliphatic rings. The van der Waals surface area contributed by atoms with E-state index in [1.54, 1.807) is 48.5 Å². The van der Waals surface area contributed by atoms with Crippen molar-refractivity contribution < 1.29 is 22.6 Å². The van der Waals surface area contributed by atoms with Gasteiger partial charge >= 0.3 is 0 Å². The minimum absolute atomic E-state index is 0.203. The lowest BCUT2D eigenvalue weighted by Crippen LogP contribution is -2.25. The van der Waals surface area contributed by atoms with Crippen LogP contribution in [0.5, 0.6) is 0 Å². The largest absolute Gasteiger partial charge is 0.348 e. The average molecular weight is 495 g/mol. The lowest BCUT2D eigenvalue weighted by Gasteiger charge is -2.28. The molecule has 0 unspecified atom stereocenters. The van der Waals surface area contributed by atoms with Crippen LogP contribution < -0.4 is 0 Å². The Labute approximate surface area is 211 Å². The SMILES string of the molecule is CC=CC1COC(c2ccc(-c3ccc(-c4ccc(CCCCCC)c(F)c4F)cc3)c(F)c2)OC1. The van der Waals surface area contributed by atoms with Gasteiger partial charge in [0.2, 0.25) is 0 Å². The number of halogens is 3. The van der Waals surface area contributed by atoms with Crippen LogP contribution >= 0.6 is 0 Å². The summed E-state index contributed by atoms with van der Waals surface area (Å²) in [5, 5.41) is 0. The van der Waals surface area contributed by atoms with Gasteiger partial charge in [0.25, 0.3) is 0 Å². The molecule has 0 N–H and O–H groups in total. The number of hydrogen-bond acceptors (Lipinski definition) is 2. The molecule has 1 heterocycles. The number of unbranched alkanes of at least 4 members (excludes halogenated alkanes) is 3. The second-order valence-corrected chi connectivity index (χ2v) is 9.31. The number of ether oxygens (including phenoxy) is 2. The van der Waals surface area contributed by atoms with Crippen molar-refractivity contribution in [3.8, 4) is 22.3 Å².